The molecule has 2 aromatic rings. The van der Waals surface area contributed by atoms with Gasteiger partial charge in [-0.3, -0.25) is 4.79 Å². The lowest BCUT2D eigenvalue weighted by Gasteiger charge is -2.15. The number of benzene rings is 1. The van der Waals surface area contributed by atoms with Crippen LogP contribution in [0.15, 0.2) is 53.0 Å². The Morgan fingerprint density at radius 3 is 2.70 bits per heavy atom. The van der Waals surface area contributed by atoms with Crippen molar-refractivity contribution in [3.05, 3.63) is 42.7 Å². The summed E-state index contributed by atoms with van der Waals surface area (Å²) in [6.07, 6.45) is 3.91. The van der Waals surface area contributed by atoms with E-state index in [2.05, 4.69) is 22.5 Å². The second-order valence-corrected chi connectivity index (χ2v) is 5.37. The Labute approximate surface area is 136 Å². The van der Waals surface area contributed by atoms with Crippen molar-refractivity contribution in [2.24, 2.45) is 10.2 Å². The molecule has 0 aliphatic carbocycles. The maximum absolute atomic E-state index is 11.4. The number of carbonyl (C=O) groups excluding carboxylic acids is 1. The van der Waals surface area contributed by atoms with Gasteiger partial charge in [0.1, 0.15) is 17.9 Å². The molecule has 1 amide bonds. The van der Waals surface area contributed by atoms with Gasteiger partial charge in [-0.15, -0.1) is 10.2 Å². The van der Waals surface area contributed by atoms with Gasteiger partial charge in [-0.1, -0.05) is 0 Å². The monoisotopic (exact) mass is 312 g/mol. The number of azo groups is 1. The number of hydrogen-bond acceptors (Lipinski definition) is 4. The van der Waals surface area contributed by atoms with Crippen LogP contribution in [0.4, 0.5) is 22.7 Å². The minimum absolute atomic E-state index is 0.138. The fourth-order valence-electron chi connectivity index (χ4n) is 2.05. The van der Waals surface area contributed by atoms with E-state index < -0.39 is 0 Å². The molecule has 6 nitrogen and oxygen atoms in total. The molecule has 0 saturated carbocycles. The van der Waals surface area contributed by atoms with Gasteiger partial charge in [0, 0.05) is 32.8 Å². The summed E-state index contributed by atoms with van der Waals surface area (Å²) in [6, 6.07) is 9.49. The Kier molecular flexibility index (Phi) is 5.41. The van der Waals surface area contributed by atoms with Crippen LogP contribution in [0.5, 0.6) is 0 Å². The third-order valence-electron chi connectivity index (χ3n) is 3.29. The Balaban J connectivity index is 2.33. The Hall–Kier alpha value is -2.76. The zero-order chi connectivity index (χ0) is 16.8. The van der Waals surface area contributed by atoms with E-state index in [0.717, 1.165) is 17.9 Å². The molecule has 2 rings (SSSR count). The van der Waals surface area contributed by atoms with Crippen LogP contribution in [0, 0.1) is 0 Å². The number of aromatic nitrogens is 1. The van der Waals surface area contributed by atoms with Gasteiger partial charge in [-0.05, 0) is 31.2 Å². The summed E-state index contributed by atoms with van der Waals surface area (Å²) in [5.74, 6) is -0.138. The number of amides is 1. The van der Waals surface area contributed by atoms with Gasteiger partial charge >= 0.3 is 0 Å². The quantitative estimate of drug-likeness (QED) is 0.679. The van der Waals surface area contributed by atoms with Crippen LogP contribution in [-0.4, -0.2) is 20.0 Å². The lowest BCUT2D eigenvalue weighted by Crippen LogP contribution is -2.30. The lowest BCUT2D eigenvalue weighted by molar-refractivity contribution is -0.693. The molecule has 0 radical (unpaired) electrons. The van der Waals surface area contributed by atoms with E-state index in [1.807, 2.05) is 66.3 Å². The highest BCUT2D eigenvalue weighted by Gasteiger charge is 2.07. The smallest absolute Gasteiger partial charge is 0.221 e. The normalized spacial score (nSPS) is 10.8. The number of pyridine rings is 1. The van der Waals surface area contributed by atoms with Crippen LogP contribution in [0.25, 0.3) is 0 Å². The first kappa shape index (κ1) is 16.6. The van der Waals surface area contributed by atoms with Crippen molar-refractivity contribution in [1.29, 1.82) is 0 Å². The number of nitrogens with zero attached hydrogens (tertiary/aromatic N) is 4. The van der Waals surface area contributed by atoms with Crippen molar-refractivity contribution in [2.75, 3.05) is 24.3 Å². The van der Waals surface area contributed by atoms with Gasteiger partial charge in [0.05, 0.1) is 5.69 Å². The van der Waals surface area contributed by atoms with Gasteiger partial charge < -0.3 is 10.2 Å². The molecular weight excluding hydrogens is 290 g/mol. The van der Waals surface area contributed by atoms with E-state index in [1.165, 1.54) is 6.92 Å². The van der Waals surface area contributed by atoms with Crippen molar-refractivity contribution in [3.8, 4) is 0 Å². The molecule has 0 saturated heterocycles. The molecule has 0 bridgehead atoms. The average Bonchev–Trinajstić information content (AvgIpc) is 2.53. The molecule has 0 atom stereocenters. The van der Waals surface area contributed by atoms with Crippen molar-refractivity contribution >= 4 is 28.7 Å². The van der Waals surface area contributed by atoms with Crippen LogP contribution in [0.1, 0.15) is 13.8 Å². The number of anilines is 2. The van der Waals surface area contributed by atoms with Crippen LogP contribution >= 0.6 is 0 Å². The van der Waals surface area contributed by atoms with E-state index in [-0.39, 0.29) is 5.91 Å². The molecule has 0 aliphatic rings. The maximum atomic E-state index is 11.4. The van der Waals surface area contributed by atoms with Crippen molar-refractivity contribution in [3.63, 3.8) is 0 Å². The zero-order valence-electron chi connectivity index (χ0n) is 13.9. The maximum Gasteiger partial charge on any atom is 0.221 e. The van der Waals surface area contributed by atoms with E-state index >= 15 is 0 Å². The first-order valence-corrected chi connectivity index (χ1v) is 7.49. The first-order valence-electron chi connectivity index (χ1n) is 7.49. The number of carbonyl (C=O) groups is 1. The molecule has 1 aromatic carbocycles. The fourth-order valence-corrected chi connectivity index (χ4v) is 2.05. The Morgan fingerprint density at radius 2 is 2.04 bits per heavy atom. The largest absolute Gasteiger partial charge is 0.378 e. The average molecular weight is 312 g/mol. The van der Waals surface area contributed by atoms with Gasteiger partial charge in [0.15, 0.2) is 12.4 Å². The van der Waals surface area contributed by atoms with E-state index in [9.17, 15) is 4.79 Å². The highest BCUT2D eigenvalue weighted by molar-refractivity contribution is 5.92. The number of nitrogens with one attached hydrogen (secondary N) is 1. The molecule has 1 N–H and O–H groups in total. The highest BCUT2D eigenvalue weighted by Crippen LogP contribution is 2.30. The lowest BCUT2D eigenvalue weighted by atomic mass is 10.2. The van der Waals surface area contributed by atoms with Crippen LogP contribution in [0.2, 0.25) is 0 Å². The molecule has 23 heavy (non-hydrogen) atoms. The first-order chi connectivity index (χ1) is 11.0. The third kappa shape index (κ3) is 4.60. The topological polar surface area (TPSA) is 60.9 Å². The van der Waals surface area contributed by atoms with Crippen molar-refractivity contribution < 1.29 is 9.36 Å². The summed E-state index contributed by atoms with van der Waals surface area (Å²) in [7, 11) is 3.89. The summed E-state index contributed by atoms with van der Waals surface area (Å²) in [5, 5.41) is 11.4. The molecule has 0 aliphatic heterocycles. The van der Waals surface area contributed by atoms with Gasteiger partial charge in [-0.25, -0.2) is 4.57 Å². The standard InChI is InChI=1S/C17H21N5O/c1-5-22-10-6-7-14(12-22)19-20-16-9-8-15(21(3)4)11-17(16)18-13(2)23/h6-12H,5H2,1-4H3/p+1. The highest BCUT2D eigenvalue weighted by atomic mass is 16.1. The number of hydrogen-bond donors (Lipinski definition) is 1. The van der Waals surface area contributed by atoms with Crippen molar-refractivity contribution in [2.45, 2.75) is 20.4 Å². The van der Waals surface area contributed by atoms with E-state index in [1.54, 1.807) is 0 Å². The summed E-state index contributed by atoms with van der Waals surface area (Å²) < 4.78 is 2.03. The minimum Gasteiger partial charge on any atom is -0.378 e. The van der Waals surface area contributed by atoms with Gasteiger partial charge in [0.25, 0.3) is 0 Å². The SMILES string of the molecule is CC[n+]1cccc(N=Nc2ccc(N(C)C)cc2NC(C)=O)c1. The van der Waals surface area contributed by atoms with Crippen LogP contribution in [0.3, 0.4) is 0 Å². The third-order valence-corrected chi connectivity index (χ3v) is 3.29. The van der Waals surface area contributed by atoms with Crippen LogP contribution in [-0.2, 0) is 11.3 Å². The molecule has 0 fully saturated rings. The Morgan fingerprint density at radius 1 is 1.26 bits per heavy atom. The number of rotatable bonds is 5. The zero-order valence-corrected chi connectivity index (χ0v) is 13.9. The van der Waals surface area contributed by atoms with E-state index in [0.29, 0.717) is 11.4 Å². The summed E-state index contributed by atoms with van der Waals surface area (Å²) in [6.45, 7) is 4.42. The molecule has 6 heteroatoms. The summed E-state index contributed by atoms with van der Waals surface area (Å²) in [5.41, 5.74) is 3.01. The molecule has 0 spiro atoms. The molecule has 1 aromatic heterocycles. The molecular formula is C17H22N5O+. The van der Waals surface area contributed by atoms with Gasteiger partial charge in [-0.2, -0.15) is 0 Å². The minimum atomic E-state index is -0.138. The second kappa shape index (κ2) is 7.49. The van der Waals surface area contributed by atoms with Crippen LogP contribution < -0.4 is 14.8 Å². The van der Waals surface area contributed by atoms with Crippen molar-refractivity contribution in [1.82, 2.24) is 0 Å². The summed E-state index contributed by atoms with van der Waals surface area (Å²) in [4.78, 5) is 13.4. The fraction of sp³-hybridized carbons (Fsp3) is 0.294. The Bertz CT molecular complexity index is 725. The summed E-state index contributed by atoms with van der Waals surface area (Å²) >= 11 is 0. The predicted molar refractivity (Wildman–Crippen MR) is 91.6 cm³/mol. The molecule has 0 unspecified atom stereocenters. The second-order valence-electron chi connectivity index (χ2n) is 5.37. The van der Waals surface area contributed by atoms with Gasteiger partial charge in [0.2, 0.25) is 5.91 Å². The molecule has 1 heterocycles. The number of aryl methyl sites for hydroxylation is 1. The van der Waals surface area contributed by atoms with E-state index in [4.69, 9.17) is 0 Å². The predicted octanol–water partition coefficient (Wildman–Crippen LogP) is 3.43. The molecule has 120 valence electrons.